The molecule has 0 amide bonds. The number of methoxy groups -OCH3 is 1. The lowest BCUT2D eigenvalue weighted by Gasteiger charge is -2.29. The van der Waals surface area contributed by atoms with Crippen LogP contribution in [0.15, 0.2) is 0 Å². The average molecular weight is 265 g/mol. The van der Waals surface area contributed by atoms with Crippen molar-refractivity contribution in [2.75, 3.05) is 7.11 Å². The van der Waals surface area contributed by atoms with E-state index >= 15 is 0 Å². The first-order valence-corrected chi connectivity index (χ1v) is 6.92. The summed E-state index contributed by atoms with van der Waals surface area (Å²) >= 11 is 0. The van der Waals surface area contributed by atoms with E-state index in [0.717, 1.165) is 44.2 Å². The molecule has 2 aliphatic rings. The van der Waals surface area contributed by atoms with Gasteiger partial charge in [-0.25, -0.2) is 9.48 Å². The molecule has 2 aliphatic carbocycles. The SMILES string of the molecule is COC1CCCC(n2nnc(C(=O)O)c2C2CC2)C1. The number of nitrogens with zero attached hydrogens (tertiary/aromatic N) is 3. The maximum atomic E-state index is 11.2. The Hall–Kier alpha value is -1.43. The Morgan fingerprint density at radius 2 is 2.16 bits per heavy atom. The third kappa shape index (κ3) is 2.36. The molecule has 2 atom stereocenters. The van der Waals surface area contributed by atoms with Gasteiger partial charge in [-0.05, 0) is 38.5 Å². The number of aromatic carboxylic acids is 1. The van der Waals surface area contributed by atoms with Crippen molar-refractivity contribution in [2.45, 2.75) is 56.6 Å². The number of aromatic nitrogens is 3. The van der Waals surface area contributed by atoms with Crippen LogP contribution in [0.2, 0.25) is 0 Å². The first kappa shape index (κ1) is 12.6. The van der Waals surface area contributed by atoms with Gasteiger partial charge >= 0.3 is 5.97 Å². The van der Waals surface area contributed by atoms with Gasteiger partial charge < -0.3 is 9.84 Å². The molecule has 104 valence electrons. The molecule has 6 nitrogen and oxygen atoms in total. The van der Waals surface area contributed by atoms with E-state index in [0.29, 0.717) is 5.92 Å². The Morgan fingerprint density at radius 3 is 2.79 bits per heavy atom. The third-order valence-electron chi connectivity index (χ3n) is 4.17. The molecule has 0 spiro atoms. The summed E-state index contributed by atoms with van der Waals surface area (Å²) in [4.78, 5) is 11.2. The second-order valence-corrected chi connectivity index (χ2v) is 5.53. The predicted molar refractivity (Wildman–Crippen MR) is 67.3 cm³/mol. The number of hydrogen-bond donors (Lipinski definition) is 1. The molecule has 1 aromatic heterocycles. The summed E-state index contributed by atoms with van der Waals surface area (Å²) < 4.78 is 7.30. The first-order chi connectivity index (χ1) is 9.20. The molecule has 2 saturated carbocycles. The van der Waals surface area contributed by atoms with E-state index in [9.17, 15) is 9.90 Å². The van der Waals surface area contributed by atoms with Crippen molar-refractivity contribution in [1.82, 2.24) is 15.0 Å². The fourth-order valence-corrected chi connectivity index (χ4v) is 3.02. The number of hydrogen-bond acceptors (Lipinski definition) is 4. The summed E-state index contributed by atoms with van der Waals surface area (Å²) in [5.41, 5.74) is 0.969. The molecule has 0 saturated heterocycles. The molecule has 1 heterocycles. The average Bonchev–Trinajstić information content (AvgIpc) is 3.16. The van der Waals surface area contributed by atoms with Crippen molar-refractivity contribution in [3.63, 3.8) is 0 Å². The highest BCUT2D eigenvalue weighted by molar-refractivity contribution is 5.86. The van der Waals surface area contributed by atoms with Gasteiger partial charge in [-0.1, -0.05) is 5.21 Å². The lowest BCUT2D eigenvalue weighted by Crippen LogP contribution is -2.26. The van der Waals surface area contributed by atoms with Crippen molar-refractivity contribution in [3.05, 3.63) is 11.4 Å². The fraction of sp³-hybridized carbons (Fsp3) is 0.769. The van der Waals surface area contributed by atoms with E-state index in [4.69, 9.17) is 4.74 Å². The number of rotatable bonds is 4. The molecule has 1 aromatic rings. The summed E-state index contributed by atoms with van der Waals surface area (Å²) in [6.07, 6.45) is 6.45. The molecule has 0 radical (unpaired) electrons. The van der Waals surface area contributed by atoms with Crippen LogP contribution in [-0.4, -0.2) is 39.3 Å². The normalized spacial score (nSPS) is 27.4. The van der Waals surface area contributed by atoms with Crippen LogP contribution >= 0.6 is 0 Å². The Balaban J connectivity index is 1.89. The smallest absolute Gasteiger partial charge is 0.358 e. The summed E-state index contributed by atoms with van der Waals surface area (Å²) in [6.45, 7) is 0. The standard InChI is InChI=1S/C13H19N3O3/c1-19-10-4-2-3-9(7-10)16-12(8-5-6-8)11(13(17)18)14-15-16/h8-10H,2-7H2,1H3,(H,17,18). The van der Waals surface area contributed by atoms with Crippen molar-refractivity contribution >= 4 is 5.97 Å². The van der Waals surface area contributed by atoms with E-state index in [2.05, 4.69) is 10.3 Å². The number of carboxylic acids is 1. The Kier molecular flexibility index (Phi) is 3.26. The van der Waals surface area contributed by atoms with E-state index < -0.39 is 5.97 Å². The minimum absolute atomic E-state index is 0.141. The highest BCUT2D eigenvalue weighted by Gasteiger charge is 2.36. The molecule has 0 aromatic carbocycles. The Bertz CT molecular complexity index is 481. The van der Waals surface area contributed by atoms with Gasteiger partial charge in [0.1, 0.15) is 0 Å². The van der Waals surface area contributed by atoms with E-state index in [-0.39, 0.29) is 17.8 Å². The number of ether oxygens (including phenoxy) is 1. The molecule has 0 aliphatic heterocycles. The quantitative estimate of drug-likeness (QED) is 0.900. The van der Waals surface area contributed by atoms with Crippen LogP contribution in [-0.2, 0) is 4.74 Å². The van der Waals surface area contributed by atoms with Gasteiger partial charge in [-0.15, -0.1) is 5.10 Å². The summed E-state index contributed by atoms with van der Waals surface area (Å²) in [5.74, 6) is -0.628. The molecule has 19 heavy (non-hydrogen) atoms. The van der Waals surface area contributed by atoms with Crippen LogP contribution < -0.4 is 0 Å². The molecule has 1 N–H and O–H groups in total. The fourth-order valence-electron chi connectivity index (χ4n) is 3.02. The van der Waals surface area contributed by atoms with Crippen molar-refractivity contribution in [3.8, 4) is 0 Å². The van der Waals surface area contributed by atoms with Crippen molar-refractivity contribution in [2.24, 2.45) is 0 Å². The van der Waals surface area contributed by atoms with Gasteiger partial charge in [0.25, 0.3) is 0 Å². The van der Waals surface area contributed by atoms with E-state index in [1.165, 1.54) is 0 Å². The van der Waals surface area contributed by atoms with E-state index in [1.54, 1.807) is 7.11 Å². The molecular weight excluding hydrogens is 246 g/mol. The molecule has 3 rings (SSSR count). The maximum Gasteiger partial charge on any atom is 0.358 e. The van der Waals surface area contributed by atoms with Gasteiger partial charge in [-0.2, -0.15) is 0 Å². The summed E-state index contributed by atoms with van der Waals surface area (Å²) in [7, 11) is 1.73. The zero-order valence-corrected chi connectivity index (χ0v) is 11.1. The minimum atomic E-state index is -0.966. The van der Waals surface area contributed by atoms with Crippen LogP contribution in [0.3, 0.4) is 0 Å². The topological polar surface area (TPSA) is 77.2 Å². The number of carboxylic acid groups (broad SMARTS) is 1. The first-order valence-electron chi connectivity index (χ1n) is 6.92. The van der Waals surface area contributed by atoms with Gasteiger partial charge in [-0.3, -0.25) is 0 Å². The van der Waals surface area contributed by atoms with Crippen molar-refractivity contribution in [1.29, 1.82) is 0 Å². The summed E-state index contributed by atoms with van der Waals surface area (Å²) in [6, 6.07) is 0.231. The van der Waals surface area contributed by atoms with Crippen LogP contribution in [0.5, 0.6) is 0 Å². The maximum absolute atomic E-state index is 11.2. The van der Waals surface area contributed by atoms with E-state index in [1.807, 2.05) is 4.68 Å². The largest absolute Gasteiger partial charge is 0.476 e. The lowest BCUT2D eigenvalue weighted by atomic mass is 9.92. The third-order valence-corrected chi connectivity index (χ3v) is 4.17. The van der Waals surface area contributed by atoms with Gasteiger partial charge in [0.05, 0.1) is 17.8 Å². The monoisotopic (exact) mass is 265 g/mol. The van der Waals surface area contributed by atoms with Crippen LogP contribution in [0.1, 0.15) is 66.7 Å². The van der Waals surface area contributed by atoms with Crippen LogP contribution in [0.4, 0.5) is 0 Å². The highest BCUT2D eigenvalue weighted by atomic mass is 16.5. The lowest BCUT2D eigenvalue weighted by molar-refractivity contribution is 0.0499. The number of carbonyl (C=O) groups is 1. The van der Waals surface area contributed by atoms with Gasteiger partial charge in [0.15, 0.2) is 5.69 Å². The Morgan fingerprint density at radius 1 is 1.37 bits per heavy atom. The molecule has 2 fully saturated rings. The summed E-state index contributed by atoms with van der Waals surface area (Å²) in [5, 5.41) is 17.2. The predicted octanol–water partition coefficient (Wildman–Crippen LogP) is 1.98. The highest BCUT2D eigenvalue weighted by Crippen LogP contribution is 2.43. The Labute approximate surface area is 111 Å². The van der Waals surface area contributed by atoms with Crippen LogP contribution in [0, 0.1) is 0 Å². The molecule has 6 heteroatoms. The molecule has 2 unspecified atom stereocenters. The second-order valence-electron chi connectivity index (χ2n) is 5.53. The molecule has 0 bridgehead atoms. The van der Waals surface area contributed by atoms with Gasteiger partial charge in [0, 0.05) is 13.0 Å². The van der Waals surface area contributed by atoms with Gasteiger partial charge in [0.2, 0.25) is 0 Å². The zero-order chi connectivity index (χ0) is 13.4. The minimum Gasteiger partial charge on any atom is -0.476 e. The molecular formula is C13H19N3O3. The second kappa shape index (κ2) is 4.92. The zero-order valence-electron chi connectivity index (χ0n) is 11.1. The van der Waals surface area contributed by atoms with Crippen molar-refractivity contribution < 1.29 is 14.6 Å². The van der Waals surface area contributed by atoms with Crippen LogP contribution in [0.25, 0.3) is 0 Å².